The van der Waals surface area contributed by atoms with E-state index in [9.17, 15) is 4.79 Å². The van der Waals surface area contributed by atoms with Crippen molar-refractivity contribution in [1.29, 1.82) is 0 Å². The van der Waals surface area contributed by atoms with Crippen molar-refractivity contribution in [3.63, 3.8) is 0 Å². The minimum atomic E-state index is -1.25. The van der Waals surface area contributed by atoms with E-state index in [0.717, 1.165) is 11.1 Å². The smallest absolute Gasteiger partial charge is 0.449 e. The highest BCUT2D eigenvalue weighted by atomic mass is 33.1. The van der Waals surface area contributed by atoms with Crippen molar-refractivity contribution < 1.29 is 14.1 Å². The van der Waals surface area contributed by atoms with Crippen LogP contribution in [0, 0.1) is 0 Å². The highest BCUT2D eigenvalue weighted by Crippen LogP contribution is 2.17. The maximum atomic E-state index is 9.50. The maximum absolute atomic E-state index is 9.50. The van der Waals surface area contributed by atoms with Gasteiger partial charge in [0, 0.05) is 0 Å². The molecule has 7 heavy (non-hydrogen) atoms. The zero-order valence-electron chi connectivity index (χ0n) is 3.58. The zero-order chi connectivity index (χ0) is 5.70. The molecule has 0 saturated carbocycles. The van der Waals surface area contributed by atoms with Gasteiger partial charge in [-0.25, -0.2) is 4.79 Å². The monoisotopic (exact) mass is 140 g/mol. The molecule has 0 radical (unpaired) electrons. The van der Waals surface area contributed by atoms with Gasteiger partial charge >= 0.3 is 6.16 Å². The van der Waals surface area contributed by atoms with Gasteiger partial charge in [-0.2, -0.15) is 0 Å². The maximum Gasteiger partial charge on any atom is 0.519 e. The summed E-state index contributed by atoms with van der Waals surface area (Å²) in [5.74, 6) is 0. The van der Waals surface area contributed by atoms with Gasteiger partial charge in [-0.15, -0.1) is 0 Å². The Bertz CT molecular complexity index is 64.0. The van der Waals surface area contributed by atoms with Crippen LogP contribution in [0.3, 0.4) is 0 Å². The van der Waals surface area contributed by atoms with Gasteiger partial charge in [0.15, 0.2) is 0 Å². The first-order valence-corrected chi connectivity index (χ1v) is 3.86. The molecule has 1 N–H and O–H groups in total. The Morgan fingerprint density at radius 2 is 2.43 bits per heavy atom. The fraction of sp³-hybridized carbons (Fsp3) is 0.500. The summed E-state index contributed by atoms with van der Waals surface area (Å²) < 4.78 is 3.99. The number of hydrogen-bond acceptors (Lipinski definition) is 4. The van der Waals surface area contributed by atoms with Crippen molar-refractivity contribution in [2.24, 2.45) is 0 Å². The molecule has 0 amide bonds. The lowest BCUT2D eigenvalue weighted by atomic mass is 11.5. The molecule has 0 heterocycles. The van der Waals surface area contributed by atoms with Crippen LogP contribution in [-0.2, 0) is 4.18 Å². The summed E-state index contributed by atoms with van der Waals surface area (Å²) in [6, 6.07) is 0. The average Bonchev–Trinajstić information content (AvgIpc) is 1.61. The normalized spacial score (nSPS) is 8.14. The molecule has 0 rings (SSSR count). The standard InChI is InChI=1S/C2H4O3S2/c1-6-7-5-2(3)4/h1H3,(H,3,4). The highest BCUT2D eigenvalue weighted by molar-refractivity contribution is 8.74. The van der Waals surface area contributed by atoms with Crippen LogP contribution in [0.2, 0.25) is 0 Å². The third-order valence-corrected chi connectivity index (χ3v) is 1.13. The van der Waals surface area contributed by atoms with Gasteiger partial charge in [0.25, 0.3) is 0 Å². The van der Waals surface area contributed by atoms with E-state index in [1.807, 2.05) is 0 Å². The van der Waals surface area contributed by atoms with E-state index in [1.165, 1.54) is 10.8 Å². The van der Waals surface area contributed by atoms with Crippen LogP contribution in [0.25, 0.3) is 0 Å². The lowest BCUT2D eigenvalue weighted by Crippen LogP contribution is -1.88. The van der Waals surface area contributed by atoms with Crippen LogP contribution in [-0.4, -0.2) is 17.5 Å². The Hall–Kier alpha value is -0.0300. The van der Waals surface area contributed by atoms with E-state index in [2.05, 4.69) is 4.18 Å². The summed E-state index contributed by atoms with van der Waals surface area (Å²) in [6.45, 7) is 0. The van der Waals surface area contributed by atoms with Crippen molar-refractivity contribution in [3.05, 3.63) is 0 Å². The quantitative estimate of drug-likeness (QED) is 0.466. The molecule has 0 atom stereocenters. The molecule has 0 spiro atoms. The number of hydrogen-bond donors (Lipinski definition) is 1. The molecular weight excluding hydrogens is 136 g/mol. The molecule has 3 nitrogen and oxygen atoms in total. The van der Waals surface area contributed by atoms with Crippen LogP contribution < -0.4 is 0 Å². The molecule has 0 aromatic heterocycles. The summed E-state index contributed by atoms with van der Waals surface area (Å²) in [5, 5.41) is 7.79. The fourth-order valence-electron chi connectivity index (χ4n) is 0.0631. The van der Waals surface area contributed by atoms with E-state index >= 15 is 0 Å². The van der Waals surface area contributed by atoms with Gasteiger partial charge in [-0.1, -0.05) is 10.8 Å². The van der Waals surface area contributed by atoms with Crippen LogP contribution in [0.4, 0.5) is 4.79 Å². The Labute approximate surface area is 49.0 Å². The Balaban J connectivity index is 2.82. The Kier molecular flexibility index (Phi) is 4.12. The number of carboxylic acid groups (broad SMARTS) is 1. The molecule has 0 aliphatic heterocycles. The number of rotatable bonds is 2. The SMILES string of the molecule is CSSOC(=O)O. The van der Waals surface area contributed by atoms with Crippen LogP contribution in [0.1, 0.15) is 0 Å². The fourth-order valence-corrected chi connectivity index (χ4v) is 0.568. The molecule has 42 valence electrons. The average molecular weight is 140 g/mol. The first-order valence-electron chi connectivity index (χ1n) is 1.37. The van der Waals surface area contributed by atoms with Crippen molar-refractivity contribution >= 4 is 28.0 Å². The minimum absolute atomic E-state index is 0.833. The molecular formula is C2H4O3S2. The van der Waals surface area contributed by atoms with E-state index < -0.39 is 6.16 Å². The summed E-state index contributed by atoms with van der Waals surface area (Å²) in [6.07, 6.45) is 0.479. The topological polar surface area (TPSA) is 46.5 Å². The van der Waals surface area contributed by atoms with E-state index in [4.69, 9.17) is 5.11 Å². The van der Waals surface area contributed by atoms with Gasteiger partial charge in [-0.3, -0.25) is 0 Å². The van der Waals surface area contributed by atoms with Crippen molar-refractivity contribution in [3.8, 4) is 0 Å². The third kappa shape index (κ3) is 5.97. The molecule has 0 aliphatic rings. The second kappa shape index (κ2) is 4.14. The van der Waals surface area contributed by atoms with Gasteiger partial charge < -0.3 is 9.29 Å². The van der Waals surface area contributed by atoms with Gasteiger partial charge in [0.1, 0.15) is 11.1 Å². The summed E-state index contributed by atoms with van der Waals surface area (Å²) in [4.78, 5) is 9.50. The Morgan fingerprint density at radius 1 is 1.86 bits per heavy atom. The van der Waals surface area contributed by atoms with Crippen molar-refractivity contribution in [2.45, 2.75) is 0 Å². The highest BCUT2D eigenvalue weighted by Gasteiger charge is 1.92. The predicted molar refractivity (Wildman–Crippen MR) is 30.2 cm³/mol. The van der Waals surface area contributed by atoms with Gasteiger partial charge in [0.05, 0.1) is 0 Å². The van der Waals surface area contributed by atoms with Gasteiger partial charge in [0.2, 0.25) is 0 Å². The molecule has 0 aliphatic carbocycles. The Morgan fingerprint density at radius 3 is 2.57 bits per heavy atom. The largest absolute Gasteiger partial charge is 0.519 e. The molecule has 0 bridgehead atoms. The lowest BCUT2D eigenvalue weighted by molar-refractivity contribution is 0.153. The first kappa shape index (κ1) is 6.97. The van der Waals surface area contributed by atoms with Crippen LogP contribution in [0.15, 0.2) is 0 Å². The first-order chi connectivity index (χ1) is 3.27. The molecule has 0 saturated heterocycles. The third-order valence-electron chi connectivity index (χ3n) is 0.173. The second-order valence-electron chi connectivity index (χ2n) is 0.584. The van der Waals surface area contributed by atoms with E-state index in [1.54, 1.807) is 6.26 Å². The predicted octanol–water partition coefficient (Wildman–Crippen LogP) is 1.61. The summed E-state index contributed by atoms with van der Waals surface area (Å²) in [5.41, 5.74) is 0. The second-order valence-corrected chi connectivity index (χ2v) is 2.63. The van der Waals surface area contributed by atoms with Crippen molar-refractivity contribution in [1.82, 2.24) is 0 Å². The van der Waals surface area contributed by atoms with Crippen LogP contribution in [0.5, 0.6) is 0 Å². The van der Waals surface area contributed by atoms with E-state index in [0.29, 0.717) is 0 Å². The van der Waals surface area contributed by atoms with Crippen LogP contribution >= 0.6 is 21.9 Å². The van der Waals surface area contributed by atoms with E-state index in [-0.39, 0.29) is 0 Å². The van der Waals surface area contributed by atoms with Crippen molar-refractivity contribution in [2.75, 3.05) is 6.26 Å². The molecule has 0 fully saturated rings. The molecule has 0 aromatic carbocycles. The lowest BCUT2D eigenvalue weighted by Gasteiger charge is -1.88. The summed E-state index contributed by atoms with van der Waals surface area (Å²) in [7, 11) is 1.24. The molecule has 0 aromatic rings. The molecule has 0 unspecified atom stereocenters. The summed E-state index contributed by atoms with van der Waals surface area (Å²) >= 11 is 0.833. The van der Waals surface area contributed by atoms with Gasteiger partial charge in [-0.05, 0) is 6.26 Å². The minimum Gasteiger partial charge on any atom is -0.449 e. The molecule has 5 heteroatoms. The number of carbonyl (C=O) groups is 1. The zero-order valence-corrected chi connectivity index (χ0v) is 5.21.